The van der Waals surface area contributed by atoms with Crippen molar-refractivity contribution in [1.82, 2.24) is 9.97 Å². The normalized spacial score (nSPS) is 12.1. The third-order valence-corrected chi connectivity index (χ3v) is 3.62. The van der Waals surface area contributed by atoms with Gasteiger partial charge in [0.05, 0.1) is 0 Å². The average Bonchev–Trinajstić information content (AvgIpc) is 2.66. The van der Waals surface area contributed by atoms with Crippen LogP contribution in [0.3, 0.4) is 0 Å². The Kier molecular flexibility index (Phi) is 2.48. The van der Waals surface area contributed by atoms with E-state index in [4.69, 9.17) is 0 Å². The molecule has 2 heterocycles. The Labute approximate surface area is 88.3 Å². The quantitative estimate of drug-likeness (QED) is 0.857. The molecular weight excluding hydrogens is 212 g/mol. The van der Waals surface area contributed by atoms with Gasteiger partial charge in [0.25, 0.3) is 0 Å². The number of fused-ring (bicyclic) bond motifs is 1. The lowest BCUT2D eigenvalue weighted by Gasteiger charge is -2.01. The van der Waals surface area contributed by atoms with Gasteiger partial charge in [-0.15, -0.1) is 0 Å². The minimum atomic E-state index is -3.11. The molecule has 79 valence electrons. The van der Waals surface area contributed by atoms with Crippen LogP contribution in [-0.4, -0.2) is 24.1 Å². The molecule has 0 spiro atoms. The van der Waals surface area contributed by atoms with Crippen molar-refractivity contribution in [3.8, 4) is 0 Å². The van der Waals surface area contributed by atoms with Gasteiger partial charge in [-0.25, -0.2) is 13.4 Å². The molecule has 0 atom stereocenters. The standard InChI is InChI=1S/C10H11N2O2S/c1-2-15(13,14)7-8-3-5-11-10-9(8)4-6-12-10/h3-7H,2H2,1H3,(H,11,12). The molecule has 1 N–H and O–H groups in total. The van der Waals surface area contributed by atoms with Crippen LogP contribution in [0.5, 0.6) is 0 Å². The van der Waals surface area contributed by atoms with E-state index < -0.39 is 9.84 Å². The first-order chi connectivity index (χ1) is 7.12. The fourth-order valence-corrected chi connectivity index (χ4v) is 2.12. The van der Waals surface area contributed by atoms with Gasteiger partial charge < -0.3 is 4.98 Å². The minimum absolute atomic E-state index is 0.112. The van der Waals surface area contributed by atoms with E-state index in [1.165, 1.54) is 5.75 Å². The van der Waals surface area contributed by atoms with Crippen LogP contribution >= 0.6 is 0 Å². The molecule has 0 amide bonds. The Morgan fingerprint density at radius 1 is 1.47 bits per heavy atom. The highest BCUT2D eigenvalue weighted by molar-refractivity contribution is 7.93. The van der Waals surface area contributed by atoms with E-state index in [-0.39, 0.29) is 5.75 Å². The second-order valence-electron chi connectivity index (χ2n) is 3.21. The molecule has 0 saturated heterocycles. The van der Waals surface area contributed by atoms with Crippen molar-refractivity contribution in [3.05, 3.63) is 35.8 Å². The van der Waals surface area contributed by atoms with Crippen LogP contribution in [0.1, 0.15) is 12.5 Å². The van der Waals surface area contributed by atoms with E-state index in [0.29, 0.717) is 11.2 Å². The summed E-state index contributed by atoms with van der Waals surface area (Å²) < 4.78 is 22.9. The van der Waals surface area contributed by atoms with E-state index in [2.05, 4.69) is 9.97 Å². The predicted molar refractivity (Wildman–Crippen MR) is 59.0 cm³/mol. The summed E-state index contributed by atoms with van der Waals surface area (Å²) in [5, 5.41) is 0.828. The molecule has 0 unspecified atom stereocenters. The molecule has 5 heteroatoms. The second kappa shape index (κ2) is 3.66. The first-order valence-corrected chi connectivity index (χ1v) is 6.33. The Hall–Kier alpha value is -1.36. The SMILES string of the molecule is CCS(=O)(=O)[CH]c1ccnc2[nH]ccc12. The molecule has 0 aliphatic rings. The van der Waals surface area contributed by atoms with Gasteiger partial charge in [-0.2, -0.15) is 0 Å². The van der Waals surface area contributed by atoms with Crippen molar-refractivity contribution >= 4 is 20.9 Å². The van der Waals surface area contributed by atoms with Crippen LogP contribution in [0.15, 0.2) is 24.5 Å². The fraction of sp³-hybridized carbons (Fsp3) is 0.200. The molecule has 0 fully saturated rings. The maximum absolute atomic E-state index is 11.4. The molecule has 0 bridgehead atoms. The summed E-state index contributed by atoms with van der Waals surface area (Å²) >= 11 is 0. The number of H-pyrrole nitrogens is 1. The van der Waals surface area contributed by atoms with E-state index in [0.717, 1.165) is 5.39 Å². The number of sulfone groups is 1. The number of aromatic nitrogens is 2. The lowest BCUT2D eigenvalue weighted by molar-refractivity contribution is 0.603. The Balaban J connectivity index is 2.48. The van der Waals surface area contributed by atoms with Crippen molar-refractivity contribution in [2.45, 2.75) is 6.92 Å². The highest BCUT2D eigenvalue weighted by atomic mass is 32.2. The highest BCUT2D eigenvalue weighted by Crippen LogP contribution is 2.19. The van der Waals surface area contributed by atoms with Crippen LogP contribution in [0, 0.1) is 5.75 Å². The Morgan fingerprint density at radius 2 is 2.27 bits per heavy atom. The van der Waals surface area contributed by atoms with Gasteiger partial charge in [0.2, 0.25) is 0 Å². The number of pyridine rings is 1. The molecular formula is C10H11N2O2S. The van der Waals surface area contributed by atoms with Crippen molar-refractivity contribution in [3.63, 3.8) is 0 Å². The number of hydrogen-bond acceptors (Lipinski definition) is 3. The van der Waals surface area contributed by atoms with E-state index in [1.54, 1.807) is 25.4 Å². The van der Waals surface area contributed by atoms with Gasteiger partial charge in [0, 0.05) is 23.5 Å². The highest BCUT2D eigenvalue weighted by Gasteiger charge is 2.12. The zero-order valence-corrected chi connectivity index (χ0v) is 9.08. The largest absolute Gasteiger partial charge is 0.346 e. The smallest absolute Gasteiger partial charge is 0.158 e. The van der Waals surface area contributed by atoms with Crippen molar-refractivity contribution in [2.75, 3.05) is 5.75 Å². The molecule has 4 nitrogen and oxygen atoms in total. The number of nitrogens with one attached hydrogen (secondary N) is 1. The average molecular weight is 223 g/mol. The van der Waals surface area contributed by atoms with Gasteiger partial charge in [-0.1, -0.05) is 6.92 Å². The molecule has 0 aromatic carbocycles. The predicted octanol–water partition coefficient (Wildman–Crippen LogP) is 1.51. The van der Waals surface area contributed by atoms with Gasteiger partial charge in [-0.3, -0.25) is 0 Å². The summed E-state index contributed by atoms with van der Waals surface area (Å²) in [4.78, 5) is 7.03. The van der Waals surface area contributed by atoms with Crippen molar-refractivity contribution in [1.29, 1.82) is 0 Å². The molecule has 2 aromatic rings. The summed E-state index contributed by atoms with van der Waals surface area (Å²) in [6.07, 6.45) is 3.34. The Bertz CT molecular complexity index is 572. The summed E-state index contributed by atoms with van der Waals surface area (Å²) in [5.41, 5.74) is 1.39. The van der Waals surface area contributed by atoms with Crippen LogP contribution in [0.25, 0.3) is 11.0 Å². The number of hydrogen-bond donors (Lipinski definition) is 1. The molecule has 1 radical (unpaired) electrons. The number of aromatic amines is 1. The van der Waals surface area contributed by atoms with Crippen LogP contribution in [0.2, 0.25) is 0 Å². The maximum atomic E-state index is 11.4. The summed E-state index contributed by atoms with van der Waals surface area (Å²) in [6.45, 7) is 1.63. The topological polar surface area (TPSA) is 62.8 Å². The molecule has 15 heavy (non-hydrogen) atoms. The zero-order valence-electron chi connectivity index (χ0n) is 8.27. The summed E-state index contributed by atoms with van der Waals surface area (Å²) in [7, 11) is -3.11. The summed E-state index contributed by atoms with van der Waals surface area (Å²) in [5.74, 6) is 1.41. The third-order valence-electron chi connectivity index (χ3n) is 2.20. The monoisotopic (exact) mass is 223 g/mol. The third kappa shape index (κ3) is 2.02. The number of rotatable bonds is 3. The number of nitrogens with zero attached hydrogens (tertiary/aromatic N) is 1. The zero-order chi connectivity index (χ0) is 10.9. The Morgan fingerprint density at radius 3 is 3.00 bits per heavy atom. The van der Waals surface area contributed by atoms with Gasteiger partial charge in [-0.05, 0) is 17.7 Å². The molecule has 0 aliphatic heterocycles. The van der Waals surface area contributed by atoms with Gasteiger partial charge >= 0.3 is 0 Å². The second-order valence-corrected chi connectivity index (χ2v) is 5.35. The molecule has 2 rings (SSSR count). The lowest BCUT2D eigenvalue weighted by Crippen LogP contribution is -2.04. The first-order valence-electron chi connectivity index (χ1n) is 4.62. The van der Waals surface area contributed by atoms with E-state index in [1.807, 2.05) is 6.07 Å². The van der Waals surface area contributed by atoms with Crippen molar-refractivity contribution in [2.24, 2.45) is 0 Å². The van der Waals surface area contributed by atoms with Crippen LogP contribution in [-0.2, 0) is 9.84 Å². The van der Waals surface area contributed by atoms with Crippen molar-refractivity contribution < 1.29 is 8.42 Å². The first kappa shape index (κ1) is 10.2. The van der Waals surface area contributed by atoms with E-state index in [9.17, 15) is 8.42 Å². The fourth-order valence-electron chi connectivity index (χ4n) is 1.36. The summed E-state index contributed by atoms with van der Waals surface area (Å²) in [6, 6.07) is 3.52. The van der Waals surface area contributed by atoms with E-state index >= 15 is 0 Å². The van der Waals surface area contributed by atoms with Crippen LogP contribution < -0.4 is 0 Å². The lowest BCUT2D eigenvalue weighted by atomic mass is 10.2. The van der Waals surface area contributed by atoms with Gasteiger partial charge in [0.1, 0.15) is 11.4 Å². The van der Waals surface area contributed by atoms with Gasteiger partial charge in [0.15, 0.2) is 9.84 Å². The maximum Gasteiger partial charge on any atom is 0.158 e. The van der Waals surface area contributed by atoms with Crippen LogP contribution in [0.4, 0.5) is 0 Å². The molecule has 2 aromatic heterocycles. The molecule has 0 saturated carbocycles. The molecule has 0 aliphatic carbocycles. The minimum Gasteiger partial charge on any atom is -0.346 e.